The highest BCUT2D eigenvalue weighted by molar-refractivity contribution is 4.89. The van der Waals surface area contributed by atoms with Gasteiger partial charge in [-0.2, -0.15) is 0 Å². The summed E-state index contributed by atoms with van der Waals surface area (Å²) in [5, 5.41) is 10.8. The molecule has 126 valence electrons. The van der Waals surface area contributed by atoms with Crippen molar-refractivity contribution in [1.29, 1.82) is 0 Å². The van der Waals surface area contributed by atoms with Gasteiger partial charge < -0.3 is 5.11 Å². The summed E-state index contributed by atoms with van der Waals surface area (Å²) >= 11 is 0. The second-order valence-electron chi connectivity index (χ2n) is 7.82. The van der Waals surface area contributed by atoms with E-state index in [1.165, 1.54) is 77.0 Å². The third-order valence-electron chi connectivity index (χ3n) is 5.67. The van der Waals surface area contributed by atoms with E-state index < -0.39 is 0 Å². The molecule has 0 aromatic rings. The number of hydrogen-bond donors (Lipinski definition) is 1. The minimum Gasteiger partial charge on any atom is -0.390 e. The van der Waals surface area contributed by atoms with Gasteiger partial charge >= 0.3 is 0 Å². The normalized spacial score (nSPS) is 29.7. The van der Waals surface area contributed by atoms with Gasteiger partial charge in [-0.15, -0.1) is 0 Å². The molecule has 0 aromatic carbocycles. The Morgan fingerprint density at radius 3 is 1.90 bits per heavy atom. The Bertz CT molecular complexity index is 250. The van der Waals surface area contributed by atoms with Crippen LogP contribution in [0.25, 0.3) is 0 Å². The van der Waals surface area contributed by atoms with Gasteiger partial charge in [0.25, 0.3) is 0 Å². The summed E-state index contributed by atoms with van der Waals surface area (Å²) in [5.74, 6) is 1.22. The van der Waals surface area contributed by atoms with E-state index in [1.54, 1.807) is 0 Å². The summed E-state index contributed by atoms with van der Waals surface area (Å²) in [6.07, 6.45) is 18.4. The Morgan fingerprint density at radius 2 is 1.33 bits per heavy atom. The summed E-state index contributed by atoms with van der Waals surface area (Å²) in [5.41, 5.74) is -0.349. The van der Waals surface area contributed by atoms with Gasteiger partial charge in [-0.1, -0.05) is 91.4 Å². The first kappa shape index (κ1) is 19.0. The smallest absolute Gasteiger partial charge is 0.0675 e. The summed E-state index contributed by atoms with van der Waals surface area (Å²) in [6, 6.07) is 0. The second kappa shape index (κ2) is 10.6. The Morgan fingerprint density at radius 1 is 0.810 bits per heavy atom. The van der Waals surface area contributed by atoms with E-state index in [4.69, 9.17) is 0 Å². The van der Waals surface area contributed by atoms with Gasteiger partial charge in [0.15, 0.2) is 0 Å². The van der Waals surface area contributed by atoms with Crippen LogP contribution in [0.4, 0.5) is 0 Å². The highest BCUT2D eigenvalue weighted by Gasteiger charge is 2.37. The van der Waals surface area contributed by atoms with E-state index in [9.17, 15) is 5.11 Å². The molecule has 0 spiro atoms. The molecule has 3 atom stereocenters. The van der Waals surface area contributed by atoms with Gasteiger partial charge in [-0.25, -0.2) is 0 Å². The van der Waals surface area contributed by atoms with Crippen molar-refractivity contribution in [3.63, 3.8) is 0 Å². The van der Waals surface area contributed by atoms with Crippen LogP contribution in [0, 0.1) is 11.8 Å². The molecule has 0 radical (unpaired) electrons. The molecule has 0 aromatic heterocycles. The minimum absolute atomic E-state index is 0.349. The molecule has 21 heavy (non-hydrogen) atoms. The molecule has 0 heterocycles. The fraction of sp³-hybridized carbons (Fsp3) is 1.00. The Hall–Kier alpha value is -0.0400. The lowest BCUT2D eigenvalue weighted by molar-refractivity contribution is -0.0644. The van der Waals surface area contributed by atoms with Crippen LogP contribution in [0.2, 0.25) is 0 Å². The van der Waals surface area contributed by atoms with Crippen LogP contribution in [0.1, 0.15) is 111 Å². The number of hydrogen-bond acceptors (Lipinski definition) is 1. The van der Waals surface area contributed by atoms with Crippen molar-refractivity contribution in [2.75, 3.05) is 0 Å². The third-order valence-corrected chi connectivity index (χ3v) is 5.67. The van der Waals surface area contributed by atoms with Crippen LogP contribution in [0.15, 0.2) is 0 Å². The van der Waals surface area contributed by atoms with Gasteiger partial charge in [0, 0.05) is 0 Å². The monoisotopic (exact) mass is 296 g/mol. The fourth-order valence-corrected chi connectivity index (χ4v) is 3.98. The van der Waals surface area contributed by atoms with Gasteiger partial charge in [0.2, 0.25) is 0 Å². The summed E-state index contributed by atoms with van der Waals surface area (Å²) in [4.78, 5) is 0. The van der Waals surface area contributed by atoms with Gasteiger partial charge in [0.1, 0.15) is 0 Å². The number of rotatable bonds is 11. The van der Waals surface area contributed by atoms with Crippen molar-refractivity contribution in [3.05, 3.63) is 0 Å². The van der Waals surface area contributed by atoms with Crippen LogP contribution in [-0.4, -0.2) is 10.7 Å². The first-order chi connectivity index (χ1) is 10.1. The first-order valence-electron chi connectivity index (χ1n) is 9.81. The SMILES string of the molecule is CCCCCCCCCCCCC1(O)CC(C)CCC1C. The Labute approximate surface area is 133 Å². The molecule has 1 nitrogen and oxygen atoms in total. The zero-order valence-electron chi connectivity index (χ0n) is 15.0. The maximum atomic E-state index is 10.8. The van der Waals surface area contributed by atoms with Gasteiger partial charge in [0.05, 0.1) is 5.60 Å². The quantitative estimate of drug-likeness (QED) is 0.432. The Kier molecular flexibility index (Phi) is 9.64. The highest BCUT2D eigenvalue weighted by atomic mass is 16.3. The van der Waals surface area contributed by atoms with Crippen molar-refractivity contribution in [1.82, 2.24) is 0 Å². The van der Waals surface area contributed by atoms with Crippen molar-refractivity contribution >= 4 is 0 Å². The molecule has 1 saturated carbocycles. The molecule has 1 fully saturated rings. The predicted octanol–water partition coefficient (Wildman–Crippen LogP) is 6.48. The number of aliphatic hydroxyl groups is 1. The van der Waals surface area contributed by atoms with Crippen molar-refractivity contribution < 1.29 is 5.11 Å². The summed E-state index contributed by atoms with van der Waals surface area (Å²) in [7, 11) is 0. The first-order valence-corrected chi connectivity index (χ1v) is 9.81. The molecule has 1 N–H and O–H groups in total. The van der Waals surface area contributed by atoms with Crippen LogP contribution in [0.3, 0.4) is 0 Å². The molecule has 3 unspecified atom stereocenters. The van der Waals surface area contributed by atoms with Crippen molar-refractivity contribution in [2.45, 2.75) is 116 Å². The highest BCUT2D eigenvalue weighted by Crippen LogP contribution is 2.40. The molecule has 0 amide bonds. The van der Waals surface area contributed by atoms with Gasteiger partial charge in [-0.3, -0.25) is 0 Å². The lowest BCUT2D eigenvalue weighted by Gasteiger charge is -2.41. The van der Waals surface area contributed by atoms with Crippen molar-refractivity contribution in [3.8, 4) is 0 Å². The van der Waals surface area contributed by atoms with E-state index in [0.717, 1.165) is 12.8 Å². The molecule has 1 aliphatic rings. The zero-order chi connectivity index (χ0) is 15.6. The van der Waals surface area contributed by atoms with Crippen LogP contribution in [-0.2, 0) is 0 Å². The Balaban J connectivity index is 1.98. The molecule has 1 aliphatic carbocycles. The van der Waals surface area contributed by atoms with Crippen LogP contribution in [0.5, 0.6) is 0 Å². The van der Waals surface area contributed by atoms with E-state index in [2.05, 4.69) is 20.8 Å². The summed E-state index contributed by atoms with van der Waals surface area (Å²) in [6.45, 7) is 6.83. The van der Waals surface area contributed by atoms with E-state index >= 15 is 0 Å². The average molecular weight is 297 g/mol. The molecule has 0 saturated heterocycles. The molecule has 0 bridgehead atoms. The predicted molar refractivity (Wildman–Crippen MR) is 93.6 cm³/mol. The lowest BCUT2D eigenvalue weighted by Crippen LogP contribution is -2.41. The molecule has 1 heteroatoms. The molecular formula is C20H40O. The minimum atomic E-state index is -0.349. The summed E-state index contributed by atoms with van der Waals surface area (Å²) < 4.78 is 0. The van der Waals surface area contributed by atoms with E-state index in [1.807, 2.05) is 0 Å². The fourth-order valence-electron chi connectivity index (χ4n) is 3.98. The molecule has 0 aliphatic heterocycles. The second-order valence-corrected chi connectivity index (χ2v) is 7.82. The average Bonchev–Trinajstić information content (AvgIpc) is 2.45. The van der Waals surface area contributed by atoms with Crippen LogP contribution >= 0.6 is 0 Å². The lowest BCUT2D eigenvalue weighted by atomic mass is 9.70. The molecular weight excluding hydrogens is 256 g/mol. The third kappa shape index (κ3) is 7.68. The van der Waals surface area contributed by atoms with Crippen LogP contribution < -0.4 is 0 Å². The maximum absolute atomic E-state index is 10.8. The largest absolute Gasteiger partial charge is 0.390 e. The number of unbranched alkanes of at least 4 members (excludes halogenated alkanes) is 9. The standard InChI is InChI=1S/C20H40O/c1-4-5-6-7-8-9-10-11-12-13-16-20(21)17-18(2)14-15-19(20)3/h18-19,21H,4-17H2,1-3H3. The van der Waals surface area contributed by atoms with Gasteiger partial charge in [-0.05, 0) is 31.1 Å². The maximum Gasteiger partial charge on any atom is 0.0675 e. The van der Waals surface area contributed by atoms with E-state index in [0.29, 0.717) is 11.8 Å². The van der Waals surface area contributed by atoms with E-state index in [-0.39, 0.29) is 5.60 Å². The van der Waals surface area contributed by atoms with Crippen molar-refractivity contribution in [2.24, 2.45) is 11.8 Å². The zero-order valence-corrected chi connectivity index (χ0v) is 15.0. The molecule has 1 rings (SSSR count). The topological polar surface area (TPSA) is 20.2 Å².